The number of piperidine rings is 1. The second-order valence-corrected chi connectivity index (χ2v) is 12.6. The van der Waals surface area contributed by atoms with Crippen molar-refractivity contribution in [3.05, 3.63) is 72.4 Å². The molecule has 0 bridgehead atoms. The monoisotopic (exact) mass is 548 g/mol. The zero-order valence-corrected chi connectivity index (χ0v) is 22.6. The fraction of sp³-hybridized carbons (Fsp3) is 0.321. The lowest BCUT2D eigenvalue weighted by atomic mass is 9.73. The van der Waals surface area contributed by atoms with E-state index in [0.29, 0.717) is 18.9 Å². The van der Waals surface area contributed by atoms with Crippen molar-refractivity contribution in [1.82, 2.24) is 24.0 Å². The Morgan fingerprint density at radius 3 is 2.44 bits per heavy atom. The number of nitrogens with one attached hydrogen (secondary N) is 1. The number of carbonyl (C=O) groups is 1. The summed E-state index contributed by atoms with van der Waals surface area (Å²) in [4.78, 5) is 19.1. The number of likely N-dealkylation sites (tertiary alicyclic amines) is 1. The highest BCUT2D eigenvalue weighted by atomic mass is 32.2. The molecule has 0 saturated carbocycles. The van der Waals surface area contributed by atoms with Crippen molar-refractivity contribution in [3.63, 3.8) is 0 Å². The lowest BCUT2D eigenvalue weighted by Crippen LogP contribution is -2.59. The van der Waals surface area contributed by atoms with Gasteiger partial charge in [-0.05, 0) is 66.6 Å². The molecule has 4 heterocycles. The largest absolute Gasteiger partial charge is 0.307 e. The predicted octanol–water partition coefficient (Wildman–Crippen LogP) is 3.74. The first-order valence-corrected chi connectivity index (χ1v) is 14.2. The molecule has 11 heteroatoms. The molecule has 6 rings (SSSR count). The van der Waals surface area contributed by atoms with Gasteiger partial charge < -0.3 is 10.2 Å². The maximum absolute atomic E-state index is 14.8. The van der Waals surface area contributed by atoms with Crippen molar-refractivity contribution in [2.45, 2.75) is 17.7 Å². The first-order valence-electron chi connectivity index (χ1n) is 12.8. The maximum Gasteiger partial charge on any atom is 0.256 e. The number of hydrogen-bond acceptors (Lipinski definition) is 6. The van der Waals surface area contributed by atoms with Crippen LogP contribution in [-0.2, 0) is 17.1 Å². The fourth-order valence-corrected chi connectivity index (χ4v) is 7.28. The van der Waals surface area contributed by atoms with Crippen molar-refractivity contribution < 1.29 is 17.6 Å². The number of fused-ring (bicyclic) bond motifs is 1. The number of carbonyl (C=O) groups excluding carboxylic acids is 1. The van der Waals surface area contributed by atoms with Crippen LogP contribution in [0.15, 0.2) is 66.0 Å². The Hall–Kier alpha value is -3.67. The predicted molar refractivity (Wildman–Crippen MR) is 146 cm³/mol. The van der Waals surface area contributed by atoms with E-state index in [0.717, 1.165) is 60.0 Å². The molecule has 39 heavy (non-hydrogen) atoms. The molecule has 202 valence electrons. The van der Waals surface area contributed by atoms with Crippen molar-refractivity contribution >= 4 is 32.5 Å². The molecule has 0 unspecified atom stereocenters. The van der Waals surface area contributed by atoms with Crippen LogP contribution in [0.5, 0.6) is 0 Å². The number of halogens is 1. The summed E-state index contributed by atoms with van der Waals surface area (Å²) >= 11 is 0. The third-order valence-corrected chi connectivity index (χ3v) is 9.72. The number of aromatic nitrogens is 3. The average molecular weight is 549 g/mol. The molecule has 2 saturated heterocycles. The van der Waals surface area contributed by atoms with Crippen LogP contribution in [0, 0.1) is 11.2 Å². The number of pyridine rings is 1. The van der Waals surface area contributed by atoms with Gasteiger partial charge >= 0.3 is 0 Å². The van der Waals surface area contributed by atoms with Gasteiger partial charge in [0.1, 0.15) is 16.5 Å². The van der Waals surface area contributed by atoms with E-state index in [1.165, 1.54) is 10.4 Å². The molecule has 4 aromatic rings. The number of sulfonamides is 1. The molecule has 2 fully saturated rings. The molecule has 2 aliphatic rings. The number of benzene rings is 2. The minimum absolute atomic E-state index is 0.0371. The van der Waals surface area contributed by atoms with Gasteiger partial charge in [-0.3, -0.25) is 9.48 Å². The van der Waals surface area contributed by atoms with E-state index in [4.69, 9.17) is 0 Å². The Balaban J connectivity index is 1.21. The molecular weight excluding hydrogens is 519 g/mol. The van der Waals surface area contributed by atoms with Gasteiger partial charge in [-0.1, -0.05) is 12.1 Å². The molecule has 1 spiro atoms. The van der Waals surface area contributed by atoms with Crippen molar-refractivity contribution in [1.29, 1.82) is 0 Å². The molecule has 9 nitrogen and oxygen atoms in total. The van der Waals surface area contributed by atoms with E-state index in [1.807, 2.05) is 38.5 Å². The SMILES string of the molecule is CN1CC2(CCN(S(=O)(=O)c3cc(C(=O)Nc4cc5cc(-c6cnn(C)c6)ccc5cn4)ccc3F)CC2)C1. The van der Waals surface area contributed by atoms with Gasteiger partial charge in [-0.25, -0.2) is 17.8 Å². The summed E-state index contributed by atoms with van der Waals surface area (Å²) in [5, 5.41) is 8.69. The summed E-state index contributed by atoms with van der Waals surface area (Å²) in [5.41, 5.74) is 2.13. The first-order chi connectivity index (χ1) is 18.6. The third kappa shape index (κ3) is 4.81. The summed E-state index contributed by atoms with van der Waals surface area (Å²) in [7, 11) is -0.185. The lowest BCUT2D eigenvalue weighted by molar-refractivity contribution is -0.0171. The van der Waals surface area contributed by atoms with Crippen LogP contribution >= 0.6 is 0 Å². The van der Waals surface area contributed by atoms with Gasteiger partial charge in [-0.15, -0.1) is 0 Å². The topological polar surface area (TPSA) is 100 Å². The fourth-order valence-electron chi connectivity index (χ4n) is 5.75. The Kier molecular flexibility index (Phi) is 6.24. The summed E-state index contributed by atoms with van der Waals surface area (Å²) in [6, 6.07) is 11.1. The van der Waals surface area contributed by atoms with Crippen LogP contribution < -0.4 is 5.32 Å². The molecule has 0 radical (unpaired) electrons. The van der Waals surface area contributed by atoms with E-state index in [2.05, 4.69) is 20.3 Å². The number of aryl methyl sites for hydroxylation is 1. The maximum atomic E-state index is 14.8. The van der Waals surface area contributed by atoms with Crippen LogP contribution in [-0.4, -0.2) is 71.5 Å². The molecule has 2 aliphatic heterocycles. The van der Waals surface area contributed by atoms with Gasteiger partial charge in [-0.2, -0.15) is 9.40 Å². The lowest BCUT2D eigenvalue weighted by Gasteiger charge is -2.52. The standard InChI is InChI=1S/C28H29FN6O3S/c1-33-17-28(18-33)7-9-35(10-8-28)39(37,38)25-12-20(5-6-24(25)29)27(36)32-26-13-22-11-19(3-4-21(22)14-30-26)23-15-31-34(2)16-23/h3-6,11-16H,7-10,17-18H2,1-2H3,(H,30,32,36). The van der Waals surface area contributed by atoms with Crippen LogP contribution in [0.4, 0.5) is 10.2 Å². The van der Waals surface area contributed by atoms with Crippen molar-refractivity contribution in [3.8, 4) is 11.1 Å². The van der Waals surface area contributed by atoms with Gasteiger partial charge in [0.2, 0.25) is 10.0 Å². The van der Waals surface area contributed by atoms with Crippen molar-refractivity contribution in [2.75, 3.05) is 38.5 Å². The van der Waals surface area contributed by atoms with Crippen LogP contribution in [0.1, 0.15) is 23.2 Å². The number of hydrogen-bond donors (Lipinski definition) is 1. The number of rotatable bonds is 5. The average Bonchev–Trinajstić information content (AvgIpc) is 3.34. The zero-order valence-electron chi connectivity index (χ0n) is 21.8. The van der Waals surface area contributed by atoms with Crippen molar-refractivity contribution in [2.24, 2.45) is 12.5 Å². The Labute approximate surface area is 226 Å². The van der Waals surface area contributed by atoms with Gasteiger partial charge in [0.15, 0.2) is 0 Å². The van der Waals surface area contributed by atoms with Gasteiger partial charge in [0.05, 0.1) is 6.20 Å². The molecule has 2 aromatic heterocycles. The smallest absolute Gasteiger partial charge is 0.256 e. The van der Waals surface area contributed by atoms with Crippen LogP contribution in [0.3, 0.4) is 0 Å². The molecule has 2 aromatic carbocycles. The summed E-state index contributed by atoms with van der Waals surface area (Å²) in [6.45, 7) is 2.60. The van der Waals surface area contributed by atoms with E-state index in [-0.39, 0.29) is 11.0 Å². The first kappa shape index (κ1) is 25.6. The van der Waals surface area contributed by atoms with Crippen LogP contribution in [0.25, 0.3) is 21.9 Å². The molecule has 0 atom stereocenters. The van der Waals surface area contributed by atoms with E-state index < -0.39 is 26.6 Å². The quantitative estimate of drug-likeness (QED) is 0.408. The van der Waals surface area contributed by atoms with Crippen LogP contribution in [0.2, 0.25) is 0 Å². The molecule has 1 N–H and O–H groups in total. The van der Waals surface area contributed by atoms with E-state index >= 15 is 0 Å². The molecule has 0 aliphatic carbocycles. The second-order valence-electron chi connectivity index (χ2n) is 10.7. The molecule has 1 amide bonds. The molecular formula is C28H29FN6O3S. The Morgan fingerprint density at radius 2 is 1.74 bits per heavy atom. The highest BCUT2D eigenvalue weighted by molar-refractivity contribution is 7.89. The van der Waals surface area contributed by atoms with Gasteiger partial charge in [0.25, 0.3) is 5.91 Å². The number of anilines is 1. The van der Waals surface area contributed by atoms with Gasteiger partial charge in [0, 0.05) is 62.1 Å². The highest BCUT2D eigenvalue weighted by Crippen LogP contribution is 2.40. The summed E-state index contributed by atoms with van der Waals surface area (Å²) in [5.74, 6) is -1.14. The second kappa shape index (κ2) is 9.51. The Morgan fingerprint density at radius 1 is 0.974 bits per heavy atom. The number of amides is 1. The number of nitrogens with zero attached hydrogens (tertiary/aromatic N) is 5. The summed E-state index contributed by atoms with van der Waals surface area (Å²) in [6.07, 6.45) is 6.84. The Bertz CT molecular complexity index is 1690. The highest BCUT2D eigenvalue weighted by Gasteiger charge is 2.45. The normalized spacial score (nSPS) is 17.8. The zero-order chi connectivity index (χ0) is 27.4. The minimum Gasteiger partial charge on any atom is -0.307 e. The third-order valence-electron chi connectivity index (χ3n) is 7.81. The van der Waals surface area contributed by atoms with E-state index in [1.54, 1.807) is 23.1 Å². The van der Waals surface area contributed by atoms with E-state index in [9.17, 15) is 17.6 Å². The minimum atomic E-state index is -4.09. The summed E-state index contributed by atoms with van der Waals surface area (Å²) < 4.78 is 44.5.